The number of carbonyl (C=O) groups is 1. The lowest BCUT2D eigenvalue weighted by Crippen LogP contribution is -2.44. The Balaban J connectivity index is 1.61. The van der Waals surface area contributed by atoms with Crippen molar-refractivity contribution in [1.29, 1.82) is 0 Å². The van der Waals surface area contributed by atoms with Crippen LogP contribution in [-0.2, 0) is 0 Å². The number of nitrogens with zero attached hydrogens (tertiary/aromatic N) is 2. The summed E-state index contributed by atoms with van der Waals surface area (Å²) in [5, 5.41) is 0. The summed E-state index contributed by atoms with van der Waals surface area (Å²) in [6.45, 7) is 1.76. The van der Waals surface area contributed by atoms with E-state index in [1.54, 1.807) is 0 Å². The molecular weight excluding hydrogens is 248 g/mol. The van der Waals surface area contributed by atoms with Gasteiger partial charge in [-0.05, 0) is 63.4 Å². The molecule has 1 aromatic carbocycles. The highest BCUT2D eigenvalue weighted by atomic mass is 16.2. The second-order valence-corrected chi connectivity index (χ2v) is 6.38. The molecular formula is C17H24N2O. The molecule has 2 fully saturated rings. The third-order valence-electron chi connectivity index (χ3n) is 4.69. The zero-order valence-electron chi connectivity index (χ0n) is 12.5. The minimum atomic E-state index is 0.199. The monoisotopic (exact) mass is 272 g/mol. The fraction of sp³-hybridized carbons (Fsp3) is 0.588. The second-order valence-electron chi connectivity index (χ2n) is 6.38. The quantitative estimate of drug-likeness (QED) is 0.844. The van der Waals surface area contributed by atoms with E-state index in [1.165, 1.54) is 18.4 Å². The zero-order chi connectivity index (χ0) is 14.1. The summed E-state index contributed by atoms with van der Waals surface area (Å²) < 4.78 is 0. The van der Waals surface area contributed by atoms with Crippen molar-refractivity contribution < 1.29 is 4.79 Å². The summed E-state index contributed by atoms with van der Waals surface area (Å²) in [5.41, 5.74) is 2.24. The van der Waals surface area contributed by atoms with Crippen molar-refractivity contribution in [2.45, 2.75) is 37.6 Å². The summed E-state index contributed by atoms with van der Waals surface area (Å²) >= 11 is 0. The van der Waals surface area contributed by atoms with E-state index in [4.69, 9.17) is 0 Å². The van der Waals surface area contributed by atoms with Gasteiger partial charge in [0.15, 0.2) is 0 Å². The summed E-state index contributed by atoms with van der Waals surface area (Å²) in [4.78, 5) is 16.8. The van der Waals surface area contributed by atoms with Gasteiger partial charge in [0.25, 0.3) is 5.91 Å². The van der Waals surface area contributed by atoms with Gasteiger partial charge < -0.3 is 9.80 Å². The van der Waals surface area contributed by atoms with Gasteiger partial charge in [0.2, 0.25) is 0 Å². The predicted molar refractivity (Wildman–Crippen MR) is 81.0 cm³/mol. The van der Waals surface area contributed by atoms with E-state index in [9.17, 15) is 4.79 Å². The highest BCUT2D eigenvalue weighted by Gasteiger charge is 2.26. The van der Waals surface area contributed by atoms with Gasteiger partial charge in [-0.15, -0.1) is 0 Å². The summed E-state index contributed by atoms with van der Waals surface area (Å²) in [6.07, 6.45) is 4.79. The van der Waals surface area contributed by atoms with E-state index in [1.807, 2.05) is 17.0 Å². The van der Waals surface area contributed by atoms with Gasteiger partial charge in [-0.1, -0.05) is 12.1 Å². The molecule has 1 aromatic rings. The van der Waals surface area contributed by atoms with Crippen LogP contribution < -0.4 is 0 Å². The second kappa shape index (κ2) is 5.57. The molecule has 0 unspecified atom stereocenters. The zero-order valence-corrected chi connectivity index (χ0v) is 12.5. The van der Waals surface area contributed by atoms with E-state index >= 15 is 0 Å². The van der Waals surface area contributed by atoms with Gasteiger partial charge in [0.1, 0.15) is 0 Å². The highest BCUT2D eigenvalue weighted by molar-refractivity contribution is 5.94. The number of hydrogen-bond donors (Lipinski definition) is 0. The normalized spacial score (nSPS) is 20.4. The van der Waals surface area contributed by atoms with Crippen molar-refractivity contribution in [2.75, 3.05) is 27.2 Å². The topological polar surface area (TPSA) is 23.6 Å². The Morgan fingerprint density at radius 1 is 1.05 bits per heavy atom. The largest absolute Gasteiger partial charge is 0.339 e. The van der Waals surface area contributed by atoms with E-state index in [-0.39, 0.29) is 5.91 Å². The third-order valence-corrected chi connectivity index (χ3v) is 4.69. The maximum atomic E-state index is 12.5. The molecule has 0 N–H and O–H groups in total. The lowest BCUT2D eigenvalue weighted by molar-refractivity contribution is 0.0663. The van der Waals surface area contributed by atoms with Crippen LogP contribution in [0.2, 0.25) is 0 Å². The van der Waals surface area contributed by atoms with Crippen molar-refractivity contribution >= 4 is 5.91 Å². The molecule has 0 spiro atoms. The molecule has 3 rings (SSSR count). The first kappa shape index (κ1) is 13.6. The van der Waals surface area contributed by atoms with Crippen LogP contribution in [0.15, 0.2) is 24.3 Å². The molecule has 1 heterocycles. The Labute approximate surface area is 121 Å². The fourth-order valence-electron chi connectivity index (χ4n) is 3.08. The number of amides is 1. The van der Waals surface area contributed by atoms with Crippen molar-refractivity contribution in [3.8, 4) is 0 Å². The number of benzene rings is 1. The summed E-state index contributed by atoms with van der Waals surface area (Å²) in [5.74, 6) is 0.958. The molecule has 20 heavy (non-hydrogen) atoms. The van der Waals surface area contributed by atoms with Crippen LogP contribution in [0.4, 0.5) is 0 Å². The Bertz CT molecular complexity index is 468. The Kier molecular flexibility index (Phi) is 3.79. The molecule has 108 valence electrons. The van der Waals surface area contributed by atoms with Crippen molar-refractivity contribution in [3.05, 3.63) is 35.4 Å². The molecule has 0 aromatic heterocycles. The van der Waals surface area contributed by atoms with Crippen molar-refractivity contribution in [1.82, 2.24) is 9.80 Å². The number of piperidine rings is 1. The smallest absolute Gasteiger partial charge is 0.253 e. The van der Waals surface area contributed by atoms with Gasteiger partial charge in [0.05, 0.1) is 0 Å². The first-order valence-corrected chi connectivity index (χ1v) is 7.71. The fourth-order valence-corrected chi connectivity index (χ4v) is 3.08. The Morgan fingerprint density at radius 2 is 1.65 bits per heavy atom. The van der Waals surface area contributed by atoms with Crippen molar-refractivity contribution in [3.63, 3.8) is 0 Å². The van der Waals surface area contributed by atoms with Gasteiger partial charge in [-0.25, -0.2) is 0 Å². The summed E-state index contributed by atoms with van der Waals surface area (Å²) in [6, 6.07) is 8.91. The van der Waals surface area contributed by atoms with Crippen LogP contribution >= 0.6 is 0 Å². The molecule has 1 aliphatic heterocycles. The number of hydrogen-bond acceptors (Lipinski definition) is 2. The summed E-state index contributed by atoms with van der Waals surface area (Å²) in [7, 11) is 4.25. The number of carbonyl (C=O) groups excluding carboxylic acids is 1. The lowest BCUT2D eigenvalue weighted by atomic mass is 10.0. The minimum absolute atomic E-state index is 0.199. The molecule has 1 amide bonds. The first-order chi connectivity index (χ1) is 9.65. The lowest BCUT2D eigenvalue weighted by Gasteiger charge is -2.35. The molecule has 0 bridgehead atoms. The highest BCUT2D eigenvalue weighted by Crippen LogP contribution is 2.39. The first-order valence-electron chi connectivity index (χ1n) is 7.71. The molecule has 3 nitrogen and oxygen atoms in total. The van der Waals surface area contributed by atoms with Crippen LogP contribution in [0, 0.1) is 0 Å². The molecule has 0 radical (unpaired) electrons. The minimum Gasteiger partial charge on any atom is -0.339 e. The van der Waals surface area contributed by atoms with Crippen LogP contribution in [0.25, 0.3) is 0 Å². The molecule has 1 saturated heterocycles. The predicted octanol–water partition coefficient (Wildman–Crippen LogP) is 2.73. The number of rotatable bonds is 3. The van der Waals surface area contributed by atoms with Gasteiger partial charge >= 0.3 is 0 Å². The van der Waals surface area contributed by atoms with Gasteiger partial charge in [-0.3, -0.25) is 4.79 Å². The Morgan fingerprint density at radius 3 is 2.15 bits per heavy atom. The molecule has 0 atom stereocenters. The van der Waals surface area contributed by atoms with E-state index in [2.05, 4.69) is 31.1 Å². The van der Waals surface area contributed by atoms with Gasteiger partial charge in [0, 0.05) is 24.7 Å². The molecule has 3 heteroatoms. The van der Waals surface area contributed by atoms with Crippen LogP contribution in [0.5, 0.6) is 0 Å². The van der Waals surface area contributed by atoms with Crippen molar-refractivity contribution in [2.24, 2.45) is 0 Å². The van der Waals surface area contributed by atoms with Crippen LogP contribution in [0.3, 0.4) is 0 Å². The maximum Gasteiger partial charge on any atom is 0.253 e. The average molecular weight is 272 g/mol. The maximum absolute atomic E-state index is 12.5. The molecule has 1 aliphatic carbocycles. The van der Waals surface area contributed by atoms with Gasteiger partial charge in [-0.2, -0.15) is 0 Å². The van der Waals surface area contributed by atoms with E-state index in [0.717, 1.165) is 37.4 Å². The SMILES string of the molecule is CN(C)C1CCN(C(=O)c2ccc(C3CC3)cc2)CC1. The van der Waals surface area contributed by atoms with E-state index in [0.29, 0.717) is 6.04 Å². The van der Waals surface area contributed by atoms with Crippen LogP contribution in [-0.4, -0.2) is 48.9 Å². The Hall–Kier alpha value is -1.35. The molecule has 2 aliphatic rings. The van der Waals surface area contributed by atoms with E-state index < -0.39 is 0 Å². The molecule has 1 saturated carbocycles. The van der Waals surface area contributed by atoms with Crippen LogP contribution in [0.1, 0.15) is 47.5 Å². The third kappa shape index (κ3) is 2.88. The number of likely N-dealkylation sites (tertiary alicyclic amines) is 1. The standard InChI is InChI=1S/C17H24N2O/c1-18(2)16-9-11-19(12-10-16)17(20)15-7-5-14(6-8-15)13-3-4-13/h5-8,13,16H,3-4,9-12H2,1-2H3. The average Bonchev–Trinajstić information content (AvgIpc) is 3.31.